The topological polar surface area (TPSA) is 46.6 Å². The van der Waals surface area contributed by atoms with Crippen molar-refractivity contribution in [1.82, 2.24) is 4.90 Å². The third kappa shape index (κ3) is 3.59. The molecule has 2 atom stereocenters. The minimum Gasteiger partial charge on any atom is -0.469 e. The van der Waals surface area contributed by atoms with Gasteiger partial charge >= 0.3 is 5.97 Å². The summed E-state index contributed by atoms with van der Waals surface area (Å²) >= 11 is 0. The highest BCUT2D eigenvalue weighted by atomic mass is 16.5. The monoisotopic (exact) mass is 275 g/mol. The van der Waals surface area contributed by atoms with Crippen LogP contribution in [0.15, 0.2) is 30.3 Å². The number of amides is 1. The van der Waals surface area contributed by atoms with Gasteiger partial charge in [0.05, 0.1) is 7.11 Å². The molecule has 1 aromatic rings. The van der Waals surface area contributed by atoms with Crippen molar-refractivity contribution >= 4 is 11.9 Å². The number of rotatable bonds is 6. The van der Waals surface area contributed by atoms with E-state index in [-0.39, 0.29) is 17.8 Å². The number of benzene rings is 1. The lowest BCUT2D eigenvalue weighted by atomic mass is 10.1. The van der Waals surface area contributed by atoms with Gasteiger partial charge in [-0.15, -0.1) is 0 Å². The maximum absolute atomic E-state index is 12.2. The van der Waals surface area contributed by atoms with Crippen molar-refractivity contribution in [2.75, 3.05) is 20.7 Å². The van der Waals surface area contributed by atoms with Crippen LogP contribution < -0.4 is 0 Å². The van der Waals surface area contributed by atoms with Crippen LogP contribution in [-0.2, 0) is 14.3 Å². The number of ether oxygens (including phenoxy) is 1. The van der Waals surface area contributed by atoms with Gasteiger partial charge in [-0.2, -0.15) is 0 Å². The Morgan fingerprint density at radius 2 is 2.00 bits per heavy atom. The van der Waals surface area contributed by atoms with Crippen LogP contribution in [-0.4, -0.2) is 37.5 Å². The zero-order valence-corrected chi connectivity index (χ0v) is 12.0. The molecule has 1 aliphatic carbocycles. The number of methoxy groups -OCH3 is 1. The Bertz CT molecular complexity index is 472. The molecule has 108 valence electrons. The maximum Gasteiger partial charge on any atom is 0.305 e. The van der Waals surface area contributed by atoms with E-state index in [0.29, 0.717) is 25.3 Å². The molecule has 1 saturated carbocycles. The molecule has 1 amide bonds. The number of nitrogens with zero attached hydrogens (tertiary/aromatic N) is 1. The van der Waals surface area contributed by atoms with Crippen LogP contribution in [0.1, 0.15) is 30.7 Å². The van der Waals surface area contributed by atoms with Crippen molar-refractivity contribution in [3.63, 3.8) is 0 Å². The minimum absolute atomic E-state index is 0.112. The van der Waals surface area contributed by atoms with Crippen LogP contribution >= 0.6 is 0 Å². The van der Waals surface area contributed by atoms with Crippen LogP contribution in [0.5, 0.6) is 0 Å². The minimum atomic E-state index is -0.223. The zero-order chi connectivity index (χ0) is 14.5. The highest BCUT2D eigenvalue weighted by Crippen LogP contribution is 2.48. The van der Waals surface area contributed by atoms with Crippen LogP contribution in [0.25, 0.3) is 0 Å². The van der Waals surface area contributed by atoms with Gasteiger partial charge in [-0.05, 0) is 24.3 Å². The molecule has 20 heavy (non-hydrogen) atoms. The largest absolute Gasteiger partial charge is 0.469 e. The second-order valence-corrected chi connectivity index (χ2v) is 5.30. The number of hydrogen-bond acceptors (Lipinski definition) is 3. The van der Waals surface area contributed by atoms with Crippen molar-refractivity contribution in [1.29, 1.82) is 0 Å². The molecule has 0 heterocycles. The van der Waals surface area contributed by atoms with Gasteiger partial charge in [0.2, 0.25) is 5.91 Å². The van der Waals surface area contributed by atoms with Gasteiger partial charge in [0.15, 0.2) is 0 Å². The quantitative estimate of drug-likeness (QED) is 0.748. The molecule has 4 heteroatoms. The molecule has 1 fully saturated rings. The molecule has 2 unspecified atom stereocenters. The van der Waals surface area contributed by atoms with Crippen LogP contribution in [0.2, 0.25) is 0 Å². The van der Waals surface area contributed by atoms with Crippen LogP contribution in [0.3, 0.4) is 0 Å². The fraction of sp³-hybridized carbons (Fsp3) is 0.500. The Morgan fingerprint density at radius 3 is 2.65 bits per heavy atom. The number of carbonyl (C=O) groups excluding carboxylic acids is 2. The van der Waals surface area contributed by atoms with E-state index in [1.54, 1.807) is 11.9 Å². The van der Waals surface area contributed by atoms with Crippen LogP contribution in [0, 0.1) is 5.92 Å². The number of esters is 1. The van der Waals surface area contributed by atoms with Crippen molar-refractivity contribution in [2.24, 2.45) is 5.92 Å². The Morgan fingerprint density at radius 1 is 1.30 bits per heavy atom. The summed E-state index contributed by atoms with van der Waals surface area (Å²) in [7, 11) is 3.19. The predicted molar refractivity (Wildman–Crippen MR) is 76.2 cm³/mol. The molecule has 2 rings (SSSR count). The molecular formula is C16H21NO3. The fourth-order valence-electron chi connectivity index (χ4n) is 2.49. The number of carbonyl (C=O) groups is 2. The van der Waals surface area contributed by atoms with E-state index >= 15 is 0 Å². The molecule has 0 aromatic heterocycles. The van der Waals surface area contributed by atoms with E-state index in [4.69, 9.17) is 0 Å². The van der Waals surface area contributed by atoms with E-state index in [1.807, 2.05) is 18.2 Å². The first kappa shape index (κ1) is 14.6. The molecule has 0 aliphatic heterocycles. The van der Waals surface area contributed by atoms with Gasteiger partial charge in [-0.25, -0.2) is 0 Å². The molecule has 0 bridgehead atoms. The van der Waals surface area contributed by atoms with Gasteiger partial charge in [0.25, 0.3) is 0 Å². The van der Waals surface area contributed by atoms with Crippen LogP contribution in [0.4, 0.5) is 0 Å². The van der Waals surface area contributed by atoms with E-state index in [0.717, 1.165) is 6.42 Å². The summed E-state index contributed by atoms with van der Waals surface area (Å²) < 4.78 is 4.58. The molecule has 1 aliphatic rings. The van der Waals surface area contributed by atoms with Gasteiger partial charge in [0.1, 0.15) is 0 Å². The van der Waals surface area contributed by atoms with Gasteiger partial charge in [-0.1, -0.05) is 30.3 Å². The van der Waals surface area contributed by atoms with E-state index in [2.05, 4.69) is 16.9 Å². The average molecular weight is 275 g/mol. The third-order valence-corrected chi connectivity index (χ3v) is 3.81. The summed E-state index contributed by atoms with van der Waals surface area (Å²) in [5.74, 6) is 0.440. The normalized spacial score (nSPS) is 20.3. The lowest BCUT2D eigenvalue weighted by molar-refractivity contribution is -0.141. The summed E-state index contributed by atoms with van der Waals surface area (Å²) in [6.45, 7) is 0.603. The maximum atomic E-state index is 12.2. The first-order valence-corrected chi connectivity index (χ1v) is 7.00. The summed E-state index contributed by atoms with van der Waals surface area (Å²) in [4.78, 5) is 25.0. The molecule has 0 spiro atoms. The molecule has 0 radical (unpaired) electrons. The number of hydrogen-bond donors (Lipinski definition) is 0. The second kappa shape index (κ2) is 6.55. The first-order valence-electron chi connectivity index (χ1n) is 7.00. The van der Waals surface area contributed by atoms with Crippen molar-refractivity contribution in [3.8, 4) is 0 Å². The Labute approximate surface area is 119 Å². The summed E-state index contributed by atoms with van der Waals surface area (Å²) in [6, 6.07) is 10.2. The summed E-state index contributed by atoms with van der Waals surface area (Å²) in [6.07, 6.45) is 1.95. The summed E-state index contributed by atoms with van der Waals surface area (Å²) in [5.41, 5.74) is 1.24. The molecule has 0 N–H and O–H groups in total. The Kier molecular flexibility index (Phi) is 4.77. The van der Waals surface area contributed by atoms with Crippen molar-refractivity contribution < 1.29 is 14.3 Å². The average Bonchev–Trinajstić information content (AvgIpc) is 3.27. The molecule has 0 saturated heterocycles. The smallest absolute Gasteiger partial charge is 0.305 e. The Hall–Kier alpha value is -1.84. The SMILES string of the molecule is COC(=O)CCCN(C)C(=O)C1CC1c1ccccc1. The summed E-state index contributed by atoms with van der Waals surface area (Å²) in [5, 5.41) is 0. The lowest BCUT2D eigenvalue weighted by Crippen LogP contribution is -2.29. The zero-order valence-electron chi connectivity index (χ0n) is 12.0. The van der Waals surface area contributed by atoms with Gasteiger partial charge < -0.3 is 9.64 Å². The lowest BCUT2D eigenvalue weighted by Gasteiger charge is -2.16. The molecule has 4 nitrogen and oxygen atoms in total. The van der Waals surface area contributed by atoms with Crippen molar-refractivity contribution in [2.45, 2.75) is 25.2 Å². The van der Waals surface area contributed by atoms with Gasteiger partial charge in [0, 0.05) is 25.9 Å². The van der Waals surface area contributed by atoms with E-state index in [9.17, 15) is 9.59 Å². The van der Waals surface area contributed by atoms with Gasteiger partial charge in [-0.3, -0.25) is 9.59 Å². The fourth-order valence-corrected chi connectivity index (χ4v) is 2.49. The molecular weight excluding hydrogens is 254 g/mol. The van der Waals surface area contributed by atoms with Crippen molar-refractivity contribution in [3.05, 3.63) is 35.9 Å². The highest BCUT2D eigenvalue weighted by Gasteiger charge is 2.44. The molecule has 1 aromatic carbocycles. The van der Waals surface area contributed by atoms with E-state index < -0.39 is 0 Å². The standard InChI is InChI=1S/C16H21NO3/c1-17(10-6-9-15(18)20-2)16(19)14-11-13(14)12-7-4-3-5-8-12/h3-5,7-8,13-14H,6,9-11H2,1-2H3. The second-order valence-electron chi connectivity index (χ2n) is 5.30. The first-order chi connectivity index (χ1) is 9.63. The highest BCUT2D eigenvalue weighted by molar-refractivity contribution is 5.82. The Balaban J connectivity index is 1.77. The third-order valence-electron chi connectivity index (χ3n) is 3.81. The van der Waals surface area contributed by atoms with E-state index in [1.165, 1.54) is 12.7 Å². The predicted octanol–water partition coefficient (Wildman–Crippen LogP) is 2.20.